The molecule has 142 valence electrons. The average Bonchev–Trinajstić information content (AvgIpc) is 3.45. The van der Waals surface area contributed by atoms with Crippen LogP contribution in [-0.4, -0.2) is 27.8 Å². The molecule has 1 fully saturated rings. The van der Waals surface area contributed by atoms with Gasteiger partial charge >= 0.3 is 0 Å². The van der Waals surface area contributed by atoms with Gasteiger partial charge in [0.05, 0.1) is 6.33 Å². The lowest BCUT2D eigenvalue weighted by Crippen LogP contribution is -2.29. The molecule has 3 aromatic rings. The van der Waals surface area contributed by atoms with Gasteiger partial charge in [0.25, 0.3) is 5.91 Å². The summed E-state index contributed by atoms with van der Waals surface area (Å²) in [7, 11) is 0. The molecule has 0 saturated heterocycles. The number of ketones is 1. The molecule has 5 nitrogen and oxygen atoms in total. The third kappa shape index (κ3) is 4.03. The van der Waals surface area contributed by atoms with Gasteiger partial charge in [-0.2, -0.15) is 0 Å². The summed E-state index contributed by atoms with van der Waals surface area (Å²) in [5.41, 5.74) is 3.34. The Hall–Kier alpha value is -3.21. The number of amides is 1. The molecule has 0 spiro atoms. The van der Waals surface area contributed by atoms with Crippen LogP contribution in [0.25, 0.3) is 11.1 Å². The first-order valence-corrected chi connectivity index (χ1v) is 9.62. The van der Waals surface area contributed by atoms with Crippen LogP contribution in [-0.2, 0) is 0 Å². The summed E-state index contributed by atoms with van der Waals surface area (Å²) < 4.78 is 1.96. The molecule has 1 aliphatic rings. The van der Waals surface area contributed by atoms with E-state index in [2.05, 4.69) is 10.3 Å². The number of nitrogens with one attached hydrogen (secondary N) is 1. The van der Waals surface area contributed by atoms with E-state index in [0.717, 1.165) is 29.5 Å². The fraction of sp³-hybridized carbons (Fsp3) is 0.261. The second-order valence-corrected chi connectivity index (χ2v) is 7.37. The highest BCUT2D eigenvalue weighted by Crippen LogP contribution is 2.33. The van der Waals surface area contributed by atoms with Gasteiger partial charge in [0.15, 0.2) is 5.78 Å². The van der Waals surface area contributed by atoms with Crippen molar-refractivity contribution in [2.24, 2.45) is 5.92 Å². The van der Waals surface area contributed by atoms with E-state index < -0.39 is 0 Å². The standard InChI is InChI=1S/C23H23N3O2/c1-16(26-12-11-24-15-26)14-25-23(28)21-4-2-3-20(13-21)17-5-7-18(8-6-17)22(27)19-9-10-19/h2-8,11-13,15-16,19H,9-10,14H2,1H3,(H,25,28). The van der Waals surface area contributed by atoms with Crippen LogP contribution in [0.2, 0.25) is 0 Å². The van der Waals surface area contributed by atoms with Crippen molar-refractivity contribution in [3.05, 3.63) is 78.4 Å². The minimum absolute atomic E-state index is 0.102. The van der Waals surface area contributed by atoms with Crippen molar-refractivity contribution in [3.8, 4) is 11.1 Å². The molecule has 1 heterocycles. The zero-order chi connectivity index (χ0) is 19.5. The van der Waals surface area contributed by atoms with Gasteiger partial charge in [-0.15, -0.1) is 0 Å². The lowest BCUT2D eigenvalue weighted by molar-refractivity contribution is 0.0946. The maximum atomic E-state index is 12.5. The Morgan fingerprint density at radius 3 is 2.57 bits per heavy atom. The molecule has 0 aliphatic heterocycles. The quantitative estimate of drug-likeness (QED) is 0.633. The molecule has 1 atom stereocenters. The highest BCUT2D eigenvalue weighted by Gasteiger charge is 2.30. The Labute approximate surface area is 164 Å². The highest BCUT2D eigenvalue weighted by atomic mass is 16.1. The molecule has 1 unspecified atom stereocenters. The second-order valence-electron chi connectivity index (χ2n) is 7.37. The van der Waals surface area contributed by atoms with Crippen molar-refractivity contribution < 1.29 is 9.59 Å². The summed E-state index contributed by atoms with van der Waals surface area (Å²) in [5, 5.41) is 2.98. The summed E-state index contributed by atoms with van der Waals surface area (Å²) in [6.45, 7) is 2.56. The normalized spacial score (nSPS) is 14.5. The molecule has 0 radical (unpaired) electrons. The van der Waals surface area contributed by atoms with Crippen LogP contribution in [0, 0.1) is 5.92 Å². The minimum atomic E-state index is -0.102. The predicted molar refractivity (Wildman–Crippen MR) is 108 cm³/mol. The molecule has 4 rings (SSSR count). The molecule has 1 aromatic heterocycles. The number of benzene rings is 2. The van der Waals surface area contributed by atoms with Gasteiger partial charge in [0.1, 0.15) is 0 Å². The molecule has 28 heavy (non-hydrogen) atoms. The summed E-state index contributed by atoms with van der Waals surface area (Å²) in [6, 6.07) is 15.4. The van der Waals surface area contributed by atoms with Crippen LogP contribution in [0.1, 0.15) is 46.5 Å². The molecule has 1 aliphatic carbocycles. The number of rotatable bonds is 7. The predicted octanol–water partition coefficient (Wildman–Crippen LogP) is 4.13. The van der Waals surface area contributed by atoms with Crippen LogP contribution in [0.4, 0.5) is 0 Å². The third-order valence-corrected chi connectivity index (χ3v) is 5.17. The van der Waals surface area contributed by atoms with E-state index in [0.29, 0.717) is 12.1 Å². The number of Topliss-reactive ketones (excluding diaryl/α,β-unsaturated/α-hetero) is 1. The van der Waals surface area contributed by atoms with Crippen molar-refractivity contribution in [3.63, 3.8) is 0 Å². The van der Waals surface area contributed by atoms with Crippen LogP contribution in [0.15, 0.2) is 67.3 Å². The van der Waals surface area contributed by atoms with E-state index in [-0.39, 0.29) is 23.7 Å². The van der Waals surface area contributed by atoms with Crippen molar-refractivity contribution in [1.82, 2.24) is 14.9 Å². The summed E-state index contributed by atoms with van der Waals surface area (Å²) >= 11 is 0. The smallest absolute Gasteiger partial charge is 0.251 e. The first-order chi connectivity index (χ1) is 13.6. The molecule has 1 N–H and O–H groups in total. The van der Waals surface area contributed by atoms with Crippen molar-refractivity contribution in [2.45, 2.75) is 25.8 Å². The molecule has 1 amide bonds. The van der Waals surface area contributed by atoms with Crippen LogP contribution in [0.5, 0.6) is 0 Å². The first kappa shape index (κ1) is 18.2. The van der Waals surface area contributed by atoms with Gasteiger partial charge in [-0.3, -0.25) is 9.59 Å². The Bertz CT molecular complexity index is 973. The Balaban J connectivity index is 1.43. The van der Waals surface area contributed by atoms with Gasteiger partial charge in [-0.1, -0.05) is 36.4 Å². The van der Waals surface area contributed by atoms with Gasteiger partial charge in [-0.25, -0.2) is 4.98 Å². The Kier molecular flexibility index (Phi) is 5.06. The van der Waals surface area contributed by atoms with Crippen LogP contribution in [0.3, 0.4) is 0 Å². The van der Waals surface area contributed by atoms with Crippen molar-refractivity contribution >= 4 is 11.7 Å². The maximum absolute atomic E-state index is 12.5. The first-order valence-electron chi connectivity index (χ1n) is 9.62. The van der Waals surface area contributed by atoms with Crippen LogP contribution < -0.4 is 5.32 Å². The van der Waals surface area contributed by atoms with E-state index in [1.165, 1.54) is 0 Å². The SMILES string of the molecule is CC(CNC(=O)c1cccc(-c2ccc(C(=O)C3CC3)cc2)c1)n1ccnc1. The highest BCUT2D eigenvalue weighted by molar-refractivity contribution is 5.99. The van der Waals surface area contributed by atoms with Gasteiger partial charge in [0.2, 0.25) is 0 Å². The molecular formula is C23H23N3O2. The second kappa shape index (κ2) is 7.80. The molecule has 2 aromatic carbocycles. The Morgan fingerprint density at radius 1 is 1.11 bits per heavy atom. The van der Waals surface area contributed by atoms with E-state index >= 15 is 0 Å². The van der Waals surface area contributed by atoms with Gasteiger partial charge < -0.3 is 9.88 Å². The summed E-state index contributed by atoms with van der Waals surface area (Å²) in [6.07, 6.45) is 7.38. The molecule has 5 heteroatoms. The number of nitrogens with zero attached hydrogens (tertiary/aromatic N) is 2. The van der Waals surface area contributed by atoms with Gasteiger partial charge in [-0.05, 0) is 43.0 Å². The van der Waals surface area contributed by atoms with E-state index in [9.17, 15) is 9.59 Å². The fourth-order valence-electron chi connectivity index (χ4n) is 3.23. The number of imidazole rings is 1. The zero-order valence-corrected chi connectivity index (χ0v) is 15.8. The number of carbonyl (C=O) groups excluding carboxylic acids is 2. The van der Waals surface area contributed by atoms with E-state index in [1.807, 2.05) is 66.2 Å². The van der Waals surface area contributed by atoms with Crippen molar-refractivity contribution in [2.75, 3.05) is 6.54 Å². The maximum Gasteiger partial charge on any atom is 0.251 e. The largest absolute Gasteiger partial charge is 0.350 e. The van der Waals surface area contributed by atoms with Gasteiger partial charge in [0, 0.05) is 42.0 Å². The minimum Gasteiger partial charge on any atom is -0.350 e. The average molecular weight is 373 g/mol. The summed E-state index contributed by atoms with van der Waals surface area (Å²) in [5.74, 6) is 0.364. The monoisotopic (exact) mass is 373 g/mol. The van der Waals surface area contributed by atoms with Crippen LogP contribution >= 0.6 is 0 Å². The molecule has 0 bridgehead atoms. The number of aromatic nitrogens is 2. The lowest BCUT2D eigenvalue weighted by Gasteiger charge is -2.14. The number of carbonyl (C=O) groups is 2. The zero-order valence-electron chi connectivity index (χ0n) is 15.8. The number of hydrogen-bond donors (Lipinski definition) is 1. The molecule has 1 saturated carbocycles. The van der Waals surface area contributed by atoms with Crippen molar-refractivity contribution in [1.29, 1.82) is 0 Å². The van der Waals surface area contributed by atoms with E-state index in [4.69, 9.17) is 0 Å². The fourth-order valence-corrected chi connectivity index (χ4v) is 3.23. The lowest BCUT2D eigenvalue weighted by atomic mass is 9.99. The Morgan fingerprint density at radius 2 is 1.89 bits per heavy atom. The summed E-state index contributed by atoms with van der Waals surface area (Å²) in [4.78, 5) is 28.7. The molecular weight excluding hydrogens is 350 g/mol. The number of hydrogen-bond acceptors (Lipinski definition) is 3. The topological polar surface area (TPSA) is 64.0 Å². The van der Waals surface area contributed by atoms with E-state index in [1.54, 1.807) is 12.5 Å². The third-order valence-electron chi connectivity index (χ3n) is 5.17.